The first-order valence-corrected chi connectivity index (χ1v) is 12.8. The molecule has 0 saturated heterocycles. The van der Waals surface area contributed by atoms with Crippen molar-refractivity contribution in [3.8, 4) is 11.1 Å². The molecule has 0 amide bonds. The van der Waals surface area contributed by atoms with Gasteiger partial charge < -0.3 is 10.2 Å². The maximum absolute atomic E-state index is 6.70. The Balaban J connectivity index is 1.86. The SMILES string of the molecule is CCN(CC)CCCC(C)Nc1nc(C=Cc2ccc(Cl)cc2)nc(Cl)c1-c1ccc(Cl)cc1. The van der Waals surface area contributed by atoms with Crippen LogP contribution in [0.1, 0.15) is 45.0 Å². The molecule has 2 aromatic carbocycles. The summed E-state index contributed by atoms with van der Waals surface area (Å²) in [5.41, 5.74) is 2.70. The first-order chi connectivity index (χ1) is 16.4. The van der Waals surface area contributed by atoms with Crippen molar-refractivity contribution < 1.29 is 0 Å². The van der Waals surface area contributed by atoms with Crippen molar-refractivity contribution >= 4 is 52.8 Å². The lowest BCUT2D eigenvalue weighted by molar-refractivity contribution is 0.295. The summed E-state index contributed by atoms with van der Waals surface area (Å²) in [4.78, 5) is 11.8. The predicted molar refractivity (Wildman–Crippen MR) is 148 cm³/mol. The van der Waals surface area contributed by atoms with Crippen LogP contribution in [-0.4, -0.2) is 40.5 Å². The summed E-state index contributed by atoms with van der Waals surface area (Å²) < 4.78 is 0. The van der Waals surface area contributed by atoms with Gasteiger partial charge in [-0.1, -0.05) is 79.0 Å². The lowest BCUT2D eigenvalue weighted by atomic mass is 10.1. The third-order valence-electron chi connectivity index (χ3n) is 5.70. The fraction of sp³-hybridized carbons (Fsp3) is 0.333. The van der Waals surface area contributed by atoms with Crippen LogP contribution in [0.2, 0.25) is 15.2 Å². The molecule has 1 atom stereocenters. The van der Waals surface area contributed by atoms with Crippen molar-refractivity contribution in [2.75, 3.05) is 25.0 Å². The van der Waals surface area contributed by atoms with E-state index in [-0.39, 0.29) is 6.04 Å². The zero-order valence-electron chi connectivity index (χ0n) is 19.9. The molecule has 0 radical (unpaired) electrons. The Morgan fingerprint density at radius 1 is 0.882 bits per heavy atom. The Labute approximate surface area is 218 Å². The standard InChI is InChI=1S/C27H31Cl3N4/c1-4-34(5-2)18-6-7-19(3)31-27-25(21-11-15-23(29)16-12-21)26(30)32-24(33-27)17-10-20-8-13-22(28)14-9-20/h8-17,19H,4-7,18H2,1-3H3,(H,31,32,33). The maximum Gasteiger partial charge on any atom is 0.156 e. The molecule has 1 aromatic heterocycles. The van der Waals surface area contributed by atoms with Gasteiger partial charge in [0.25, 0.3) is 0 Å². The van der Waals surface area contributed by atoms with Crippen LogP contribution in [0.3, 0.4) is 0 Å². The Morgan fingerprint density at radius 3 is 2.12 bits per heavy atom. The normalized spacial score (nSPS) is 12.4. The van der Waals surface area contributed by atoms with E-state index in [1.165, 1.54) is 0 Å². The highest BCUT2D eigenvalue weighted by Crippen LogP contribution is 2.34. The van der Waals surface area contributed by atoms with Crippen LogP contribution < -0.4 is 5.32 Å². The van der Waals surface area contributed by atoms with Gasteiger partial charge in [0.1, 0.15) is 11.0 Å². The second kappa shape index (κ2) is 13.1. The smallest absolute Gasteiger partial charge is 0.156 e. The summed E-state index contributed by atoms with van der Waals surface area (Å²) in [6.07, 6.45) is 5.93. The molecule has 7 heteroatoms. The van der Waals surface area contributed by atoms with Crippen LogP contribution >= 0.6 is 34.8 Å². The molecule has 34 heavy (non-hydrogen) atoms. The first kappa shape index (κ1) is 26.5. The molecule has 0 aliphatic carbocycles. The van der Waals surface area contributed by atoms with E-state index in [1.807, 2.05) is 60.7 Å². The fourth-order valence-electron chi connectivity index (χ4n) is 3.71. The minimum Gasteiger partial charge on any atom is -0.367 e. The lowest BCUT2D eigenvalue weighted by Gasteiger charge is -2.21. The van der Waals surface area contributed by atoms with Gasteiger partial charge in [-0.25, -0.2) is 9.97 Å². The number of aromatic nitrogens is 2. The summed E-state index contributed by atoms with van der Waals surface area (Å²) >= 11 is 18.8. The van der Waals surface area contributed by atoms with E-state index in [0.29, 0.717) is 26.8 Å². The number of halogens is 3. The number of rotatable bonds is 11. The van der Waals surface area contributed by atoms with E-state index < -0.39 is 0 Å². The molecule has 180 valence electrons. The molecule has 0 bridgehead atoms. The minimum atomic E-state index is 0.223. The second-order valence-corrected chi connectivity index (χ2v) is 9.43. The van der Waals surface area contributed by atoms with Gasteiger partial charge in [0.05, 0.1) is 5.56 Å². The predicted octanol–water partition coefficient (Wildman–Crippen LogP) is 8.20. The summed E-state index contributed by atoms with van der Waals surface area (Å²) in [5, 5.41) is 5.34. The Morgan fingerprint density at radius 2 is 1.50 bits per heavy atom. The molecule has 0 saturated carbocycles. The molecule has 3 aromatic rings. The van der Waals surface area contributed by atoms with Gasteiger partial charge >= 0.3 is 0 Å². The van der Waals surface area contributed by atoms with Crippen molar-refractivity contribution in [2.45, 2.75) is 39.7 Å². The minimum absolute atomic E-state index is 0.223. The zero-order chi connectivity index (χ0) is 24.5. The van der Waals surface area contributed by atoms with E-state index in [1.54, 1.807) is 0 Å². The highest BCUT2D eigenvalue weighted by molar-refractivity contribution is 6.33. The van der Waals surface area contributed by atoms with Crippen molar-refractivity contribution in [1.29, 1.82) is 0 Å². The monoisotopic (exact) mass is 516 g/mol. The molecule has 1 unspecified atom stereocenters. The Hall–Kier alpha value is -2.11. The Bertz CT molecular complexity index is 1080. The van der Waals surface area contributed by atoms with Gasteiger partial charge in [-0.3, -0.25) is 0 Å². The highest BCUT2D eigenvalue weighted by atomic mass is 35.5. The van der Waals surface area contributed by atoms with Crippen LogP contribution in [0.5, 0.6) is 0 Å². The van der Waals surface area contributed by atoms with Crippen molar-refractivity contribution in [1.82, 2.24) is 14.9 Å². The third kappa shape index (κ3) is 7.71. The average molecular weight is 518 g/mol. The molecule has 1 N–H and O–H groups in total. The molecule has 4 nitrogen and oxygen atoms in total. The largest absolute Gasteiger partial charge is 0.367 e. The maximum atomic E-state index is 6.70. The first-order valence-electron chi connectivity index (χ1n) is 11.7. The summed E-state index contributed by atoms with van der Waals surface area (Å²) in [6, 6.07) is 15.4. The third-order valence-corrected chi connectivity index (χ3v) is 6.48. The molecule has 0 fully saturated rings. The van der Waals surface area contributed by atoms with Crippen LogP contribution in [-0.2, 0) is 0 Å². The van der Waals surface area contributed by atoms with Gasteiger partial charge in [-0.15, -0.1) is 0 Å². The topological polar surface area (TPSA) is 41.0 Å². The van der Waals surface area contributed by atoms with E-state index in [0.717, 1.165) is 49.2 Å². The number of anilines is 1. The summed E-state index contributed by atoms with van der Waals surface area (Å²) in [6.45, 7) is 9.81. The van der Waals surface area contributed by atoms with Crippen LogP contribution in [0.15, 0.2) is 48.5 Å². The van der Waals surface area contributed by atoms with Gasteiger partial charge in [0.2, 0.25) is 0 Å². The number of benzene rings is 2. The molecular formula is C27H31Cl3N4. The average Bonchev–Trinajstić information content (AvgIpc) is 2.82. The van der Waals surface area contributed by atoms with Gasteiger partial charge in [-0.2, -0.15) is 0 Å². The lowest BCUT2D eigenvalue weighted by Crippen LogP contribution is -2.26. The molecule has 1 heterocycles. The van der Waals surface area contributed by atoms with E-state index in [2.05, 4.69) is 36.0 Å². The van der Waals surface area contributed by atoms with Crippen LogP contribution in [0, 0.1) is 0 Å². The highest BCUT2D eigenvalue weighted by Gasteiger charge is 2.16. The Kier molecular flexibility index (Phi) is 10.2. The van der Waals surface area contributed by atoms with Gasteiger partial charge in [0, 0.05) is 16.1 Å². The van der Waals surface area contributed by atoms with E-state index >= 15 is 0 Å². The van der Waals surface area contributed by atoms with Crippen molar-refractivity contribution in [3.63, 3.8) is 0 Å². The van der Waals surface area contributed by atoms with Crippen molar-refractivity contribution in [2.24, 2.45) is 0 Å². The molecule has 0 aliphatic rings. The molecule has 0 spiro atoms. The number of nitrogens with one attached hydrogen (secondary N) is 1. The van der Waals surface area contributed by atoms with Crippen molar-refractivity contribution in [3.05, 3.63) is 75.1 Å². The van der Waals surface area contributed by atoms with Gasteiger partial charge in [0.15, 0.2) is 5.82 Å². The second-order valence-electron chi connectivity index (χ2n) is 8.20. The zero-order valence-corrected chi connectivity index (χ0v) is 22.1. The molecule has 0 aliphatic heterocycles. The van der Waals surface area contributed by atoms with Crippen LogP contribution in [0.25, 0.3) is 23.3 Å². The summed E-state index contributed by atoms with van der Waals surface area (Å²) in [5.74, 6) is 1.25. The molecular weight excluding hydrogens is 487 g/mol. The number of hydrogen-bond acceptors (Lipinski definition) is 4. The summed E-state index contributed by atoms with van der Waals surface area (Å²) in [7, 11) is 0. The number of nitrogens with zero attached hydrogens (tertiary/aromatic N) is 3. The van der Waals surface area contributed by atoms with E-state index in [9.17, 15) is 0 Å². The quantitative estimate of drug-likeness (QED) is 0.260. The molecule has 3 rings (SSSR count). The van der Waals surface area contributed by atoms with E-state index in [4.69, 9.17) is 39.8 Å². The fourth-order valence-corrected chi connectivity index (χ4v) is 4.25. The van der Waals surface area contributed by atoms with Crippen LogP contribution in [0.4, 0.5) is 5.82 Å². The number of hydrogen-bond donors (Lipinski definition) is 1. The van der Waals surface area contributed by atoms with Gasteiger partial charge in [-0.05, 0) is 80.9 Å².